The van der Waals surface area contributed by atoms with Gasteiger partial charge in [-0.05, 0) is 25.5 Å². The molecule has 1 saturated heterocycles. The lowest BCUT2D eigenvalue weighted by atomic mass is 9.92. The number of anilines is 1. The summed E-state index contributed by atoms with van der Waals surface area (Å²) in [6.45, 7) is 7.53. The van der Waals surface area contributed by atoms with Crippen molar-refractivity contribution in [1.29, 1.82) is 0 Å². The summed E-state index contributed by atoms with van der Waals surface area (Å²) >= 11 is 0. The van der Waals surface area contributed by atoms with Crippen LogP contribution < -0.4 is 16.0 Å². The summed E-state index contributed by atoms with van der Waals surface area (Å²) < 4.78 is 6.83. The quantitative estimate of drug-likeness (QED) is 0.445. The van der Waals surface area contributed by atoms with Gasteiger partial charge in [0, 0.05) is 17.9 Å². The molecule has 0 unspecified atom stereocenters. The van der Waals surface area contributed by atoms with Gasteiger partial charge in [-0.1, -0.05) is 39.0 Å². The summed E-state index contributed by atoms with van der Waals surface area (Å²) in [5.74, 6) is -1.19. The zero-order chi connectivity index (χ0) is 23.5. The Hall–Kier alpha value is -3.69. The molecule has 1 aromatic carbocycles. The number of rotatable bonds is 7. The number of esters is 1. The Morgan fingerprint density at radius 2 is 1.91 bits per heavy atom. The van der Waals surface area contributed by atoms with Crippen molar-refractivity contribution < 1.29 is 23.9 Å². The van der Waals surface area contributed by atoms with Crippen LogP contribution in [0.25, 0.3) is 5.69 Å². The number of hydrogen-bond donors (Lipinski definition) is 3. The van der Waals surface area contributed by atoms with Gasteiger partial charge in [-0.2, -0.15) is 5.10 Å². The highest BCUT2D eigenvalue weighted by Gasteiger charge is 2.30. The lowest BCUT2D eigenvalue weighted by Crippen LogP contribution is -2.32. The maximum atomic E-state index is 12.7. The highest BCUT2D eigenvalue weighted by atomic mass is 16.5. The van der Waals surface area contributed by atoms with Crippen molar-refractivity contribution in [2.45, 2.75) is 58.1 Å². The summed E-state index contributed by atoms with van der Waals surface area (Å²) in [6, 6.07) is 9.79. The molecule has 0 bridgehead atoms. The van der Waals surface area contributed by atoms with E-state index in [1.165, 1.54) is 6.92 Å². The molecule has 0 aliphatic carbocycles. The third-order valence-electron chi connectivity index (χ3n) is 4.90. The van der Waals surface area contributed by atoms with E-state index in [4.69, 9.17) is 4.74 Å². The third kappa shape index (κ3) is 5.51. The fourth-order valence-electron chi connectivity index (χ4n) is 3.06. The molecule has 10 heteroatoms. The number of imide groups is 1. The minimum Gasteiger partial charge on any atom is -0.453 e. The fourth-order valence-corrected chi connectivity index (χ4v) is 3.06. The number of aromatic nitrogens is 2. The van der Waals surface area contributed by atoms with Crippen LogP contribution in [0.15, 0.2) is 36.4 Å². The summed E-state index contributed by atoms with van der Waals surface area (Å²) in [5.41, 5.74) is 1.33. The summed E-state index contributed by atoms with van der Waals surface area (Å²) in [4.78, 5) is 47.5. The van der Waals surface area contributed by atoms with Crippen LogP contribution in [0.4, 0.5) is 10.6 Å². The monoisotopic (exact) mass is 441 g/mol. The number of para-hydroxylation sites is 1. The second kappa shape index (κ2) is 9.21. The number of nitrogens with zero attached hydrogens (tertiary/aromatic N) is 2. The molecule has 3 N–H and O–H groups in total. The Kier molecular flexibility index (Phi) is 6.61. The Balaban J connectivity index is 1.64. The van der Waals surface area contributed by atoms with Gasteiger partial charge in [-0.15, -0.1) is 0 Å². The van der Waals surface area contributed by atoms with E-state index in [2.05, 4.69) is 21.0 Å². The first kappa shape index (κ1) is 23.0. The van der Waals surface area contributed by atoms with Crippen molar-refractivity contribution >= 4 is 29.6 Å². The van der Waals surface area contributed by atoms with Crippen LogP contribution in [0.1, 0.15) is 46.2 Å². The molecule has 4 amide bonds. The van der Waals surface area contributed by atoms with Crippen molar-refractivity contribution in [1.82, 2.24) is 20.4 Å². The van der Waals surface area contributed by atoms with Crippen LogP contribution in [0.2, 0.25) is 0 Å². The summed E-state index contributed by atoms with van der Waals surface area (Å²) in [6.07, 6.45) is -1.10. The van der Waals surface area contributed by atoms with E-state index in [0.29, 0.717) is 5.82 Å². The lowest BCUT2D eigenvalue weighted by molar-refractivity contribution is -0.153. The van der Waals surface area contributed by atoms with E-state index in [-0.39, 0.29) is 18.3 Å². The average Bonchev–Trinajstić information content (AvgIpc) is 3.29. The van der Waals surface area contributed by atoms with Gasteiger partial charge in [0.05, 0.1) is 11.4 Å². The molecule has 2 heterocycles. The molecule has 0 saturated carbocycles. The number of amides is 4. The molecule has 1 aromatic heterocycles. The van der Waals surface area contributed by atoms with Gasteiger partial charge in [0.1, 0.15) is 11.9 Å². The molecule has 2 atom stereocenters. The van der Waals surface area contributed by atoms with E-state index in [9.17, 15) is 19.2 Å². The largest absolute Gasteiger partial charge is 0.453 e. The average molecular weight is 441 g/mol. The third-order valence-corrected chi connectivity index (χ3v) is 4.90. The predicted octanol–water partition coefficient (Wildman–Crippen LogP) is 2.03. The number of carbonyl (C=O) groups is 4. The zero-order valence-corrected chi connectivity index (χ0v) is 18.5. The Bertz CT molecular complexity index is 1030. The molecule has 0 radical (unpaired) electrons. The summed E-state index contributed by atoms with van der Waals surface area (Å²) in [5, 5.41) is 11.9. The van der Waals surface area contributed by atoms with Crippen LogP contribution in [-0.2, 0) is 24.5 Å². The molecule has 10 nitrogen and oxygen atoms in total. The standard InChI is InChI=1S/C22H27N5O5/c1-13(32-18(28)11-10-15-20(30)25-21(31)23-15)19(29)24-17-12-16(22(2,3)4)26-27(17)14-8-6-5-7-9-14/h5-9,12-13,15H,10-11H2,1-4H3,(H,24,29)(H2,23,25,30,31)/t13-,15-/m0/s1. The highest BCUT2D eigenvalue weighted by Crippen LogP contribution is 2.26. The molecule has 32 heavy (non-hydrogen) atoms. The van der Waals surface area contributed by atoms with E-state index >= 15 is 0 Å². The molecular weight excluding hydrogens is 414 g/mol. The van der Waals surface area contributed by atoms with Crippen molar-refractivity contribution in [3.63, 3.8) is 0 Å². The van der Waals surface area contributed by atoms with Gasteiger partial charge in [-0.25, -0.2) is 9.48 Å². The van der Waals surface area contributed by atoms with Crippen molar-refractivity contribution in [2.24, 2.45) is 0 Å². The van der Waals surface area contributed by atoms with Gasteiger partial charge in [0.25, 0.3) is 11.8 Å². The van der Waals surface area contributed by atoms with Crippen LogP contribution in [0.3, 0.4) is 0 Å². The lowest BCUT2D eigenvalue weighted by Gasteiger charge is -2.15. The number of carbonyl (C=O) groups excluding carboxylic acids is 4. The number of urea groups is 1. The Morgan fingerprint density at radius 1 is 1.22 bits per heavy atom. The van der Waals surface area contributed by atoms with Crippen molar-refractivity contribution in [3.8, 4) is 5.69 Å². The predicted molar refractivity (Wildman–Crippen MR) is 116 cm³/mol. The molecule has 0 spiro atoms. The Morgan fingerprint density at radius 3 is 2.50 bits per heavy atom. The molecule has 2 aromatic rings. The van der Waals surface area contributed by atoms with Gasteiger partial charge >= 0.3 is 12.0 Å². The minimum absolute atomic E-state index is 0.0838. The molecule has 1 aliphatic rings. The SMILES string of the molecule is C[C@H](OC(=O)CC[C@@H]1NC(=O)NC1=O)C(=O)Nc1cc(C(C)(C)C)nn1-c1ccccc1. The minimum atomic E-state index is -1.06. The first-order valence-electron chi connectivity index (χ1n) is 10.3. The van der Waals surface area contributed by atoms with E-state index in [0.717, 1.165) is 11.4 Å². The van der Waals surface area contributed by atoms with Crippen LogP contribution in [-0.4, -0.2) is 45.7 Å². The first-order chi connectivity index (χ1) is 15.0. The molecule has 3 rings (SSSR count). The molecule has 170 valence electrons. The second-order valence-electron chi connectivity index (χ2n) is 8.59. The number of hydrogen-bond acceptors (Lipinski definition) is 6. The topological polar surface area (TPSA) is 131 Å². The molecule has 1 fully saturated rings. The second-order valence-corrected chi connectivity index (χ2v) is 8.59. The first-order valence-corrected chi connectivity index (χ1v) is 10.3. The number of nitrogens with one attached hydrogen (secondary N) is 3. The number of benzene rings is 1. The number of ether oxygens (including phenoxy) is 1. The Labute approximate surface area is 185 Å². The smallest absolute Gasteiger partial charge is 0.322 e. The van der Waals surface area contributed by atoms with Crippen LogP contribution >= 0.6 is 0 Å². The maximum absolute atomic E-state index is 12.7. The zero-order valence-electron chi connectivity index (χ0n) is 18.5. The van der Waals surface area contributed by atoms with Gasteiger partial charge in [0.2, 0.25) is 0 Å². The van der Waals surface area contributed by atoms with Gasteiger partial charge < -0.3 is 15.4 Å². The van der Waals surface area contributed by atoms with Gasteiger partial charge in [-0.3, -0.25) is 19.7 Å². The van der Waals surface area contributed by atoms with Crippen molar-refractivity contribution in [3.05, 3.63) is 42.1 Å². The van der Waals surface area contributed by atoms with Crippen LogP contribution in [0.5, 0.6) is 0 Å². The molecule has 1 aliphatic heterocycles. The molecular formula is C22H27N5O5. The van der Waals surface area contributed by atoms with E-state index < -0.39 is 36.0 Å². The normalized spacial score (nSPS) is 16.8. The highest BCUT2D eigenvalue weighted by molar-refractivity contribution is 6.04. The van der Waals surface area contributed by atoms with Crippen LogP contribution in [0, 0.1) is 0 Å². The van der Waals surface area contributed by atoms with Crippen molar-refractivity contribution in [2.75, 3.05) is 5.32 Å². The van der Waals surface area contributed by atoms with E-state index in [1.807, 2.05) is 51.1 Å². The van der Waals surface area contributed by atoms with E-state index in [1.54, 1.807) is 10.7 Å². The fraction of sp³-hybridized carbons (Fsp3) is 0.409. The summed E-state index contributed by atoms with van der Waals surface area (Å²) in [7, 11) is 0. The maximum Gasteiger partial charge on any atom is 0.322 e. The van der Waals surface area contributed by atoms with Gasteiger partial charge in [0.15, 0.2) is 6.10 Å².